The van der Waals surface area contributed by atoms with Gasteiger partial charge >= 0.3 is 0 Å². The maximum absolute atomic E-state index is 5.59. The molecule has 0 spiro atoms. The maximum atomic E-state index is 5.59. The van der Waals surface area contributed by atoms with Gasteiger partial charge in [0.2, 0.25) is 5.13 Å². The van der Waals surface area contributed by atoms with E-state index in [-0.39, 0.29) is 0 Å². The number of hydrogen-bond acceptors (Lipinski definition) is 7. The van der Waals surface area contributed by atoms with Crippen LogP contribution in [0.3, 0.4) is 0 Å². The van der Waals surface area contributed by atoms with E-state index in [1.807, 2.05) is 18.3 Å². The van der Waals surface area contributed by atoms with E-state index in [4.69, 9.17) is 5.73 Å². The number of piperazine rings is 1. The second-order valence-corrected chi connectivity index (χ2v) is 5.89. The van der Waals surface area contributed by atoms with Gasteiger partial charge in [0.1, 0.15) is 10.8 Å². The first-order chi connectivity index (χ1) is 9.81. The van der Waals surface area contributed by atoms with Gasteiger partial charge in [-0.1, -0.05) is 17.4 Å². The lowest BCUT2D eigenvalue weighted by molar-refractivity contribution is 0.260. The molecule has 0 aromatic carbocycles. The van der Waals surface area contributed by atoms with Crippen molar-refractivity contribution in [2.75, 3.05) is 43.4 Å². The lowest BCUT2D eigenvalue weighted by Crippen LogP contribution is -2.47. The number of anilines is 2. The maximum Gasteiger partial charge on any atom is 0.203 e. The molecular formula is C13H18N6S. The van der Waals surface area contributed by atoms with Gasteiger partial charge < -0.3 is 10.6 Å². The molecule has 7 heteroatoms. The van der Waals surface area contributed by atoms with Gasteiger partial charge in [0, 0.05) is 45.3 Å². The topological polar surface area (TPSA) is 71.2 Å². The zero-order chi connectivity index (χ0) is 13.8. The van der Waals surface area contributed by atoms with Crippen LogP contribution in [0, 0.1) is 0 Å². The van der Waals surface area contributed by atoms with Crippen molar-refractivity contribution >= 4 is 22.3 Å². The predicted octanol–water partition coefficient (Wildman–Crippen LogP) is 0.880. The molecule has 106 valence electrons. The number of hydrogen-bond donors (Lipinski definition) is 1. The number of nitrogens with two attached hydrogens (primary N) is 1. The summed E-state index contributed by atoms with van der Waals surface area (Å²) in [7, 11) is 0. The Bertz CT molecular complexity index is 535. The van der Waals surface area contributed by atoms with E-state index in [2.05, 4.69) is 31.0 Å². The number of pyridine rings is 1. The molecule has 1 fully saturated rings. The van der Waals surface area contributed by atoms with Gasteiger partial charge in [-0.05, 0) is 12.1 Å². The minimum absolute atomic E-state index is 0.556. The Morgan fingerprint density at radius 1 is 1.15 bits per heavy atom. The van der Waals surface area contributed by atoms with Crippen molar-refractivity contribution < 1.29 is 0 Å². The average Bonchev–Trinajstić information content (AvgIpc) is 2.92. The predicted molar refractivity (Wildman–Crippen MR) is 80.9 cm³/mol. The molecule has 0 atom stereocenters. The van der Waals surface area contributed by atoms with Crippen molar-refractivity contribution in [3.05, 3.63) is 29.4 Å². The molecule has 0 bridgehead atoms. The Kier molecular flexibility index (Phi) is 4.08. The molecule has 2 N–H and O–H groups in total. The molecule has 0 saturated carbocycles. The van der Waals surface area contributed by atoms with Crippen molar-refractivity contribution in [1.29, 1.82) is 0 Å². The molecule has 0 amide bonds. The van der Waals surface area contributed by atoms with Crippen molar-refractivity contribution in [3.8, 4) is 0 Å². The summed E-state index contributed by atoms with van der Waals surface area (Å²) in [5, 5.41) is 9.48. The van der Waals surface area contributed by atoms with Crippen molar-refractivity contribution in [3.63, 3.8) is 0 Å². The van der Waals surface area contributed by atoms with Crippen LogP contribution in [-0.4, -0.2) is 52.8 Å². The standard InChI is InChI=1S/C13H18N6S/c14-13-17-16-12(20-13)4-6-18-7-9-19(10-8-18)11-3-1-2-5-15-11/h1-3,5H,4,6-10H2,(H2,14,17). The van der Waals surface area contributed by atoms with Gasteiger partial charge in [-0.2, -0.15) is 0 Å². The van der Waals surface area contributed by atoms with Crippen molar-refractivity contribution in [2.24, 2.45) is 0 Å². The van der Waals surface area contributed by atoms with E-state index in [9.17, 15) is 0 Å². The highest BCUT2D eigenvalue weighted by Crippen LogP contribution is 2.14. The summed E-state index contributed by atoms with van der Waals surface area (Å²) in [6.07, 6.45) is 2.78. The third-order valence-corrected chi connectivity index (χ3v) is 4.28. The van der Waals surface area contributed by atoms with Crippen LogP contribution in [0.2, 0.25) is 0 Å². The zero-order valence-electron chi connectivity index (χ0n) is 11.3. The van der Waals surface area contributed by atoms with Crippen molar-refractivity contribution in [1.82, 2.24) is 20.1 Å². The summed E-state index contributed by atoms with van der Waals surface area (Å²) in [6.45, 7) is 5.19. The molecule has 20 heavy (non-hydrogen) atoms. The fourth-order valence-corrected chi connectivity index (χ4v) is 2.96. The minimum atomic E-state index is 0.556. The molecule has 0 aliphatic carbocycles. The van der Waals surface area contributed by atoms with E-state index in [1.54, 1.807) is 0 Å². The molecule has 0 unspecified atom stereocenters. The number of nitrogen functional groups attached to an aromatic ring is 1. The minimum Gasteiger partial charge on any atom is -0.374 e. The third kappa shape index (κ3) is 3.23. The lowest BCUT2D eigenvalue weighted by atomic mass is 10.3. The highest BCUT2D eigenvalue weighted by atomic mass is 32.1. The summed E-state index contributed by atoms with van der Waals surface area (Å²) < 4.78 is 0. The van der Waals surface area contributed by atoms with Crippen LogP contribution < -0.4 is 10.6 Å². The normalized spacial score (nSPS) is 16.5. The Morgan fingerprint density at radius 3 is 2.65 bits per heavy atom. The zero-order valence-corrected chi connectivity index (χ0v) is 12.1. The Labute approximate surface area is 122 Å². The van der Waals surface area contributed by atoms with Crippen LogP contribution in [0.25, 0.3) is 0 Å². The molecule has 3 heterocycles. The quantitative estimate of drug-likeness (QED) is 0.901. The summed E-state index contributed by atoms with van der Waals surface area (Å²) in [4.78, 5) is 9.19. The Balaban J connectivity index is 1.47. The Morgan fingerprint density at radius 2 is 2.00 bits per heavy atom. The summed E-state index contributed by atoms with van der Waals surface area (Å²) in [5.41, 5.74) is 5.59. The molecule has 1 aliphatic heterocycles. The fraction of sp³-hybridized carbons (Fsp3) is 0.462. The smallest absolute Gasteiger partial charge is 0.203 e. The lowest BCUT2D eigenvalue weighted by Gasteiger charge is -2.35. The monoisotopic (exact) mass is 290 g/mol. The van der Waals surface area contributed by atoms with Gasteiger partial charge in [0.15, 0.2) is 0 Å². The van der Waals surface area contributed by atoms with E-state index in [0.717, 1.165) is 50.0 Å². The van der Waals surface area contributed by atoms with Gasteiger partial charge in [0.05, 0.1) is 0 Å². The highest BCUT2D eigenvalue weighted by molar-refractivity contribution is 7.15. The van der Waals surface area contributed by atoms with Gasteiger partial charge in [-0.3, -0.25) is 4.90 Å². The molecule has 3 rings (SSSR count). The first-order valence-corrected chi connectivity index (χ1v) is 7.59. The number of rotatable bonds is 4. The summed E-state index contributed by atoms with van der Waals surface area (Å²) >= 11 is 1.48. The second-order valence-electron chi connectivity index (χ2n) is 4.80. The number of nitrogens with zero attached hydrogens (tertiary/aromatic N) is 5. The van der Waals surface area contributed by atoms with E-state index >= 15 is 0 Å². The molecule has 2 aromatic rings. The molecule has 0 radical (unpaired) electrons. The van der Waals surface area contributed by atoms with Crippen LogP contribution in [0.15, 0.2) is 24.4 Å². The average molecular weight is 290 g/mol. The van der Waals surface area contributed by atoms with E-state index < -0.39 is 0 Å². The van der Waals surface area contributed by atoms with E-state index in [0.29, 0.717) is 5.13 Å². The molecule has 1 aliphatic rings. The van der Waals surface area contributed by atoms with Crippen LogP contribution in [0.5, 0.6) is 0 Å². The van der Waals surface area contributed by atoms with Crippen molar-refractivity contribution in [2.45, 2.75) is 6.42 Å². The van der Waals surface area contributed by atoms with Gasteiger partial charge in [-0.15, -0.1) is 10.2 Å². The second kappa shape index (κ2) is 6.15. The summed E-state index contributed by atoms with van der Waals surface area (Å²) in [5.74, 6) is 1.07. The molecule has 2 aromatic heterocycles. The number of aromatic nitrogens is 3. The molecule has 6 nitrogen and oxygen atoms in total. The first kappa shape index (κ1) is 13.3. The molecule has 1 saturated heterocycles. The Hall–Kier alpha value is -1.73. The third-order valence-electron chi connectivity index (χ3n) is 3.47. The highest BCUT2D eigenvalue weighted by Gasteiger charge is 2.17. The van der Waals surface area contributed by atoms with Crippen LogP contribution in [-0.2, 0) is 6.42 Å². The van der Waals surface area contributed by atoms with Gasteiger partial charge in [-0.25, -0.2) is 4.98 Å². The van der Waals surface area contributed by atoms with Gasteiger partial charge in [0.25, 0.3) is 0 Å². The SMILES string of the molecule is Nc1nnc(CCN2CCN(c3ccccn3)CC2)s1. The fourth-order valence-electron chi connectivity index (χ4n) is 2.36. The van der Waals surface area contributed by atoms with Crippen LogP contribution in [0.4, 0.5) is 10.9 Å². The van der Waals surface area contributed by atoms with Crippen LogP contribution in [0.1, 0.15) is 5.01 Å². The van der Waals surface area contributed by atoms with E-state index in [1.165, 1.54) is 11.3 Å². The first-order valence-electron chi connectivity index (χ1n) is 6.77. The largest absolute Gasteiger partial charge is 0.374 e. The molecular weight excluding hydrogens is 272 g/mol. The summed E-state index contributed by atoms with van der Waals surface area (Å²) in [6, 6.07) is 6.06. The van der Waals surface area contributed by atoms with Crippen LogP contribution >= 0.6 is 11.3 Å².